The van der Waals surface area contributed by atoms with E-state index in [1.165, 1.54) is 0 Å². The maximum Gasteiger partial charge on any atom is 0.330 e. The summed E-state index contributed by atoms with van der Waals surface area (Å²) in [6.45, 7) is -0.342. The van der Waals surface area contributed by atoms with E-state index in [9.17, 15) is 14.7 Å². The molecule has 1 saturated heterocycles. The van der Waals surface area contributed by atoms with E-state index in [0.29, 0.717) is 0 Å². The smallest absolute Gasteiger partial charge is 0.330 e. The molecule has 0 spiro atoms. The van der Waals surface area contributed by atoms with Crippen LogP contribution in [0.15, 0.2) is 15.8 Å². The van der Waals surface area contributed by atoms with E-state index in [2.05, 4.69) is 0 Å². The highest BCUT2D eigenvalue weighted by molar-refractivity contribution is 5.30. The Bertz CT molecular complexity index is 522. The van der Waals surface area contributed by atoms with Gasteiger partial charge in [0.15, 0.2) is 0 Å². The van der Waals surface area contributed by atoms with Crippen LogP contribution in [0.1, 0.15) is 12.6 Å². The van der Waals surface area contributed by atoms with Crippen LogP contribution in [-0.4, -0.2) is 38.6 Å². The molecule has 1 fully saturated rings. The first kappa shape index (κ1) is 11.8. The van der Waals surface area contributed by atoms with Gasteiger partial charge in [-0.1, -0.05) is 0 Å². The monoisotopic (exact) mass is 243 g/mol. The Morgan fingerprint density at radius 2 is 2.29 bits per heavy atom. The predicted octanol–water partition coefficient (Wildman–Crippen LogP) is -2.24. The summed E-state index contributed by atoms with van der Waals surface area (Å²) in [5.41, 5.74) is 3.94. The Hall–Kier alpha value is -1.64. The number of hydrogen-bond acceptors (Lipinski definition) is 6. The third-order valence-electron chi connectivity index (χ3n) is 2.69. The van der Waals surface area contributed by atoms with Gasteiger partial charge in [0.05, 0.1) is 12.7 Å². The Morgan fingerprint density at radius 1 is 1.59 bits per heavy atom. The molecule has 1 aromatic heterocycles. The molecule has 5 N–H and O–H groups in total. The molecule has 0 aromatic carbocycles. The summed E-state index contributed by atoms with van der Waals surface area (Å²) < 4.78 is 6.36. The molecule has 1 aliphatic heterocycles. The van der Waals surface area contributed by atoms with E-state index in [4.69, 9.17) is 15.6 Å². The molecule has 3 atom stereocenters. The minimum atomic E-state index is -0.856. The van der Waals surface area contributed by atoms with Gasteiger partial charge in [-0.15, -0.1) is 0 Å². The van der Waals surface area contributed by atoms with Crippen LogP contribution in [0, 0.1) is 0 Å². The van der Waals surface area contributed by atoms with Crippen molar-refractivity contribution in [3.63, 3.8) is 0 Å². The van der Waals surface area contributed by atoms with Crippen LogP contribution >= 0.6 is 0 Å². The zero-order valence-electron chi connectivity index (χ0n) is 8.87. The molecular formula is C9H13N3O5. The van der Waals surface area contributed by atoms with Gasteiger partial charge >= 0.3 is 5.69 Å². The summed E-state index contributed by atoms with van der Waals surface area (Å²) >= 11 is 0. The van der Waals surface area contributed by atoms with Gasteiger partial charge in [0, 0.05) is 12.6 Å². The quantitative estimate of drug-likeness (QED) is 0.464. The number of nitrogens with two attached hydrogens (primary N) is 1. The van der Waals surface area contributed by atoms with E-state index < -0.39 is 29.7 Å². The first-order chi connectivity index (χ1) is 8.02. The molecule has 0 saturated carbocycles. The lowest BCUT2D eigenvalue weighted by atomic mass is 10.2. The normalized spacial score (nSPS) is 28.5. The summed E-state index contributed by atoms with van der Waals surface area (Å²) in [5.74, 6) is 0. The fourth-order valence-corrected chi connectivity index (χ4v) is 1.77. The average molecular weight is 243 g/mol. The lowest BCUT2D eigenvalue weighted by Crippen LogP contribution is -2.33. The lowest BCUT2D eigenvalue weighted by molar-refractivity contribution is -0.0458. The van der Waals surface area contributed by atoms with Crippen molar-refractivity contribution in [3.8, 4) is 0 Å². The van der Waals surface area contributed by atoms with Gasteiger partial charge in [0.2, 0.25) is 0 Å². The molecule has 2 rings (SSSR count). The highest BCUT2D eigenvalue weighted by Crippen LogP contribution is 2.27. The van der Waals surface area contributed by atoms with E-state index >= 15 is 0 Å². The zero-order chi connectivity index (χ0) is 12.6. The van der Waals surface area contributed by atoms with Crippen molar-refractivity contribution in [1.29, 1.82) is 0 Å². The van der Waals surface area contributed by atoms with Crippen molar-refractivity contribution in [3.05, 3.63) is 27.0 Å². The maximum atomic E-state index is 11.5. The number of aliphatic hydroxyl groups is 2. The predicted molar refractivity (Wildman–Crippen MR) is 57.4 cm³/mol. The van der Waals surface area contributed by atoms with Crippen molar-refractivity contribution in [2.24, 2.45) is 0 Å². The summed E-state index contributed by atoms with van der Waals surface area (Å²) in [7, 11) is 0. The maximum absolute atomic E-state index is 11.5. The molecular weight excluding hydrogens is 230 g/mol. The van der Waals surface area contributed by atoms with E-state index in [-0.39, 0.29) is 18.7 Å². The van der Waals surface area contributed by atoms with Gasteiger partial charge < -0.3 is 20.7 Å². The Labute approximate surface area is 95.3 Å². The van der Waals surface area contributed by atoms with Gasteiger partial charge in [-0.3, -0.25) is 14.3 Å². The summed E-state index contributed by atoms with van der Waals surface area (Å²) in [5, 5.41) is 18.4. The molecule has 0 amide bonds. The first-order valence-corrected chi connectivity index (χ1v) is 5.08. The van der Waals surface area contributed by atoms with Crippen LogP contribution in [0.2, 0.25) is 0 Å². The van der Waals surface area contributed by atoms with Gasteiger partial charge in [-0.05, 0) is 0 Å². The van der Waals surface area contributed by atoms with E-state index in [1.807, 2.05) is 4.98 Å². The summed E-state index contributed by atoms with van der Waals surface area (Å²) in [6, 6.07) is 0. The van der Waals surface area contributed by atoms with Crippen LogP contribution in [0.25, 0.3) is 0 Å². The molecule has 0 aliphatic carbocycles. The fourth-order valence-electron chi connectivity index (χ4n) is 1.77. The molecule has 0 bridgehead atoms. The van der Waals surface area contributed by atoms with Crippen LogP contribution in [0.4, 0.5) is 5.69 Å². The average Bonchev–Trinajstić information content (AvgIpc) is 2.65. The van der Waals surface area contributed by atoms with E-state index in [1.54, 1.807) is 0 Å². The first-order valence-electron chi connectivity index (χ1n) is 5.08. The molecule has 2 heterocycles. The molecule has 0 radical (unpaired) electrons. The molecule has 0 unspecified atom stereocenters. The van der Waals surface area contributed by atoms with Gasteiger partial charge in [0.1, 0.15) is 18.0 Å². The van der Waals surface area contributed by atoms with Crippen LogP contribution in [-0.2, 0) is 4.74 Å². The molecule has 94 valence electrons. The van der Waals surface area contributed by atoms with Gasteiger partial charge in [-0.25, -0.2) is 4.79 Å². The number of aromatic nitrogens is 2. The van der Waals surface area contributed by atoms with Gasteiger partial charge in [-0.2, -0.15) is 0 Å². The highest BCUT2D eigenvalue weighted by Gasteiger charge is 2.34. The number of anilines is 1. The number of H-pyrrole nitrogens is 1. The number of nitrogen functional groups attached to an aromatic ring is 1. The number of aliphatic hydroxyl groups excluding tert-OH is 2. The molecule has 8 heteroatoms. The van der Waals surface area contributed by atoms with Crippen LogP contribution < -0.4 is 17.0 Å². The molecule has 17 heavy (non-hydrogen) atoms. The minimum Gasteiger partial charge on any atom is -0.394 e. The third-order valence-corrected chi connectivity index (χ3v) is 2.69. The zero-order valence-corrected chi connectivity index (χ0v) is 8.87. The fraction of sp³-hybridized carbons (Fsp3) is 0.556. The second-order valence-corrected chi connectivity index (χ2v) is 3.87. The number of ether oxygens (including phenoxy) is 1. The lowest BCUT2D eigenvalue weighted by Gasteiger charge is -2.14. The van der Waals surface area contributed by atoms with Crippen molar-refractivity contribution in [2.45, 2.75) is 24.9 Å². The Kier molecular flexibility index (Phi) is 3.01. The standard InChI is InChI=1S/C9H13N3O5/c10-4-2-12(9(16)11-8(4)15)7-1-5(14)6(3-13)17-7/h2,5-7,13-14H,1,3,10H2,(H,11,15,16)/t5-,6-,7+/m0/s1. The van der Waals surface area contributed by atoms with Crippen molar-refractivity contribution < 1.29 is 14.9 Å². The molecule has 1 aromatic rings. The highest BCUT2D eigenvalue weighted by atomic mass is 16.5. The summed E-state index contributed by atoms with van der Waals surface area (Å²) in [4.78, 5) is 24.6. The second-order valence-electron chi connectivity index (χ2n) is 3.87. The number of hydrogen-bond donors (Lipinski definition) is 4. The van der Waals surface area contributed by atoms with Crippen LogP contribution in [0.5, 0.6) is 0 Å². The van der Waals surface area contributed by atoms with Crippen molar-refractivity contribution in [2.75, 3.05) is 12.3 Å². The number of nitrogens with one attached hydrogen (secondary N) is 1. The van der Waals surface area contributed by atoms with Crippen molar-refractivity contribution >= 4 is 5.69 Å². The molecule has 8 nitrogen and oxygen atoms in total. The Balaban J connectivity index is 2.34. The second kappa shape index (κ2) is 4.32. The Morgan fingerprint density at radius 3 is 2.88 bits per heavy atom. The van der Waals surface area contributed by atoms with Crippen LogP contribution in [0.3, 0.4) is 0 Å². The third kappa shape index (κ3) is 2.09. The summed E-state index contributed by atoms with van der Waals surface area (Å²) in [6.07, 6.45) is -1.02. The minimum absolute atomic E-state index is 0.116. The SMILES string of the molecule is Nc1cn([C@H]2C[C@H](O)[C@H](CO)O2)c(=O)[nH]c1=O. The number of rotatable bonds is 2. The molecule has 1 aliphatic rings. The largest absolute Gasteiger partial charge is 0.394 e. The van der Waals surface area contributed by atoms with Gasteiger partial charge in [0.25, 0.3) is 5.56 Å². The number of nitrogens with zero attached hydrogens (tertiary/aromatic N) is 1. The topological polar surface area (TPSA) is 131 Å². The number of aromatic amines is 1. The van der Waals surface area contributed by atoms with E-state index in [0.717, 1.165) is 10.8 Å². The van der Waals surface area contributed by atoms with Crippen molar-refractivity contribution in [1.82, 2.24) is 9.55 Å².